The van der Waals surface area contributed by atoms with Crippen LogP contribution in [0.1, 0.15) is 78.1 Å². The molecule has 0 aliphatic heterocycles. The second-order valence-corrected chi connectivity index (χ2v) is 9.28. The summed E-state index contributed by atoms with van der Waals surface area (Å²) < 4.78 is 0. The van der Waals surface area contributed by atoms with Gasteiger partial charge in [0.25, 0.3) is 0 Å². The van der Waals surface area contributed by atoms with Gasteiger partial charge in [-0.15, -0.1) is 0 Å². The third-order valence-electron chi connectivity index (χ3n) is 7.39. The number of allylic oxidation sites excluding steroid dienone is 2. The van der Waals surface area contributed by atoms with Gasteiger partial charge >= 0.3 is 5.97 Å². The molecule has 3 fully saturated rings. The Morgan fingerprint density at radius 1 is 1.29 bits per heavy atom. The maximum absolute atomic E-state index is 10.9. The molecule has 6 atom stereocenters. The molecular weight excluding hydrogens is 352 g/mol. The summed E-state index contributed by atoms with van der Waals surface area (Å²) in [4.78, 5) is 10.9. The SMILES string of the molecule is CCCCC1C(=CCCC(=O)O)[C@@H]2CC[C@H](O)[C@@H](C#CC(C)(O)C3CCC3)[C@H]12. The lowest BCUT2D eigenvalue weighted by atomic mass is 9.50. The molecule has 3 saturated carbocycles. The van der Waals surface area contributed by atoms with Gasteiger partial charge in [-0.2, -0.15) is 0 Å². The van der Waals surface area contributed by atoms with Crippen molar-refractivity contribution in [3.8, 4) is 11.8 Å². The van der Waals surface area contributed by atoms with E-state index in [1.165, 1.54) is 12.0 Å². The highest BCUT2D eigenvalue weighted by molar-refractivity contribution is 5.66. The molecule has 0 spiro atoms. The van der Waals surface area contributed by atoms with Crippen LogP contribution in [-0.2, 0) is 4.79 Å². The summed E-state index contributed by atoms with van der Waals surface area (Å²) in [5, 5.41) is 30.4. The maximum atomic E-state index is 10.9. The van der Waals surface area contributed by atoms with E-state index in [0.717, 1.165) is 44.9 Å². The lowest BCUT2D eigenvalue weighted by molar-refractivity contribution is -0.136. The number of hydrogen-bond acceptors (Lipinski definition) is 3. The van der Waals surface area contributed by atoms with Crippen molar-refractivity contribution in [2.75, 3.05) is 0 Å². The van der Waals surface area contributed by atoms with Crippen LogP contribution in [0.2, 0.25) is 0 Å². The van der Waals surface area contributed by atoms with Crippen molar-refractivity contribution < 1.29 is 20.1 Å². The Labute approximate surface area is 169 Å². The van der Waals surface area contributed by atoms with E-state index in [2.05, 4.69) is 24.8 Å². The molecule has 2 unspecified atom stereocenters. The van der Waals surface area contributed by atoms with Gasteiger partial charge in [0.2, 0.25) is 0 Å². The summed E-state index contributed by atoms with van der Waals surface area (Å²) in [5.41, 5.74) is 0.456. The molecule has 156 valence electrons. The molecule has 0 aromatic rings. The number of rotatable bonds is 7. The average molecular weight is 389 g/mol. The van der Waals surface area contributed by atoms with Crippen molar-refractivity contribution in [2.24, 2.45) is 29.6 Å². The Balaban J connectivity index is 1.77. The second kappa shape index (κ2) is 9.01. The Bertz CT molecular complexity index is 649. The second-order valence-electron chi connectivity index (χ2n) is 9.28. The number of carboxylic acid groups (broad SMARTS) is 1. The van der Waals surface area contributed by atoms with Crippen LogP contribution in [0.15, 0.2) is 11.6 Å². The zero-order valence-corrected chi connectivity index (χ0v) is 17.4. The summed E-state index contributed by atoms with van der Waals surface area (Å²) in [6, 6.07) is 0. The van der Waals surface area contributed by atoms with Crippen LogP contribution in [-0.4, -0.2) is 33.0 Å². The van der Waals surface area contributed by atoms with Crippen molar-refractivity contribution in [3.63, 3.8) is 0 Å². The molecule has 3 rings (SSSR count). The van der Waals surface area contributed by atoms with Gasteiger partial charge in [-0.25, -0.2) is 0 Å². The number of aliphatic hydroxyl groups excluding tert-OH is 1. The normalized spacial score (nSPS) is 35.7. The minimum Gasteiger partial charge on any atom is -0.481 e. The first-order valence-electron chi connectivity index (χ1n) is 11.2. The number of fused-ring (bicyclic) bond motifs is 1. The summed E-state index contributed by atoms with van der Waals surface area (Å²) in [7, 11) is 0. The molecule has 28 heavy (non-hydrogen) atoms. The monoisotopic (exact) mass is 388 g/mol. The lowest BCUT2D eigenvalue weighted by Crippen LogP contribution is -2.51. The van der Waals surface area contributed by atoms with Gasteiger partial charge in [-0.3, -0.25) is 4.79 Å². The molecule has 3 N–H and O–H groups in total. The molecule has 0 saturated heterocycles. The molecular formula is C24H36O4. The molecule has 0 radical (unpaired) electrons. The van der Waals surface area contributed by atoms with E-state index >= 15 is 0 Å². The summed E-state index contributed by atoms with van der Waals surface area (Å²) >= 11 is 0. The van der Waals surface area contributed by atoms with E-state index in [1.807, 2.05) is 6.92 Å². The molecule has 0 aromatic heterocycles. The highest BCUT2D eigenvalue weighted by atomic mass is 16.4. The zero-order chi connectivity index (χ0) is 20.3. The smallest absolute Gasteiger partial charge is 0.303 e. The summed E-state index contributed by atoms with van der Waals surface area (Å²) in [5.74, 6) is 7.07. The van der Waals surface area contributed by atoms with Gasteiger partial charge in [0.15, 0.2) is 0 Å². The van der Waals surface area contributed by atoms with Crippen LogP contribution >= 0.6 is 0 Å². The van der Waals surface area contributed by atoms with Gasteiger partial charge in [0, 0.05) is 6.42 Å². The number of hydrogen-bond donors (Lipinski definition) is 3. The van der Waals surface area contributed by atoms with Crippen LogP contribution in [0.5, 0.6) is 0 Å². The molecule has 4 heteroatoms. The van der Waals surface area contributed by atoms with Crippen molar-refractivity contribution in [1.29, 1.82) is 0 Å². The van der Waals surface area contributed by atoms with Gasteiger partial charge < -0.3 is 15.3 Å². The first-order valence-corrected chi connectivity index (χ1v) is 11.2. The molecule has 4 nitrogen and oxygen atoms in total. The average Bonchev–Trinajstić information content (AvgIpc) is 2.56. The number of unbranched alkanes of at least 4 members (excludes halogenated alkanes) is 1. The van der Waals surface area contributed by atoms with E-state index in [0.29, 0.717) is 24.2 Å². The van der Waals surface area contributed by atoms with E-state index < -0.39 is 17.7 Å². The van der Waals surface area contributed by atoms with Crippen LogP contribution < -0.4 is 0 Å². The van der Waals surface area contributed by atoms with E-state index in [1.54, 1.807) is 0 Å². The fourth-order valence-electron chi connectivity index (χ4n) is 5.47. The van der Waals surface area contributed by atoms with Crippen molar-refractivity contribution in [2.45, 2.75) is 89.8 Å². The Hall–Kier alpha value is -1.31. The minimum absolute atomic E-state index is 0.0798. The van der Waals surface area contributed by atoms with Crippen molar-refractivity contribution in [3.05, 3.63) is 11.6 Å². The van der Waals surface area contributed by atoms with Gasteiger partial charge in [0.05, 0.1) is 12.0 Å². The summed E-state index contributed by atoms with van der Waals surface area (Å²) in [6.07, 6.45) is 10.8. The Morgan fingerprint density at radius 3 is 2.64 bits per heavy atom. The van der Waals surface area contributed by atoms with E-state index in [-0.39, 0.29) is 18.3 Å². The molecule has 0 amide bonds. The van der Waals surface area contributed by atoms with Gasteiger partial charge in [-0.1, -0.05) is 49.7 Å². The first kappa shape index (κ1) is 21.4. The molecule has 3 aliphatic carbocycles. The standard InChI is InChI=1S/C24H36O4/c1-3-4-9-18-17(10-6-11-22(26)27)19-12-13-21(25)20(23(18)19)14-15-24(2,28)16-7-5-8-16/h10,16,18-21,23,25,28H,3-9,11-13H2,1-2H3,(H,26,27)/t18?,19-,20+,21-,23+,24?/m0/s1. The molecule has 0 bridgehead atoms. The molecule has 0 aromatic carbocycles. The summed E-state index contributed by atoms with van der Waals surface area (Å²) in [6.45, 7) is 4.01. The highest BCUT2D eigenvalue weighted by Gasteiger charge is 2.52. The van der Waals surface area contributed by atoms with Crippen LogP contribution in [0.4, 0.5) is 0 Å². The first-order chi connectivity index (χ1) is 13.3. The number of aliphatic hydroxyl groups is 2. The minimum atomic E-state index is -0.951. The predicted molar refractivity (Wildman–Crippen MR) is 109 cm³/mol. The van der Waals surface area contributed by atoms with E-state index in [9.17, 15) is 15.0 Å². The third-order valence-corrected chi connectivity index (χ3v) is 7.39. The quantitative estimate of drug-likeness (QED) is 0.452. The van der Waals surface area contributed by atoms with Gasteiger partial charge in [-0.05, 0) is 69.1 Å². The molecule has 0 heterocycles. The third kappa shape index (κ3) is 4.47. The topological polar surface area (TPSA) is 77.8 Å². The largest absolute Gasteiger partial charge is 0.481 e. The number of carboxylic acids is 1. The highest BCUT2D eigenvalue weighted by Crippen LogP contribution is 2.57. The Morgan fingerprint density at radius 2 is 2.04 bits per heavy atom. The van der Waals surface area contributed by atoms with Crippen molar-refractivity contribution in [1.82, 2.24) is 0 Å². The van der Waals surface area contributed by atoms with E-state index in [4.69, 9.17) is 5.11 Å². The number of carbonyl (C=O) groups is 1. The van der Waals surface area contributed by atoms with Crippen LogP contribution in [0, 0.1) is 41.4 Å². The Kier molecular flexibility index (Phi) is 6.89. The maximum Gasteiger partial charge on any atom is 0.303 e. The van der Waals surface area contributed by atoms with Gasteiger partial charge in [0.1, 0.15) is 5.60 Å². The number of aliphatic carboxylic acids is 1. The predicted octanol–water partition coefficient (Wildman–Crippen LogP) is 4.16. The molecule has 3 aliphatic rings. The van der Waals surface area contributed by atoms with Crippen molar-refractivity contribution >= 4 is 5.97 Å². The lowest BCUT2D eigenvalue weighted by Gasteiger charge is -2.55. The van der Waals surface area contributed by atoms with Crippen LogP contribution in [0.25, 0.3) is 0 Å². The fourth-order valence-corrected chi connectivity index (χ4v) is 5.47. The van der Waals surface area contributed by atoms with Crippen LogP contribution in [0.3, 0.4) is 0 Å². The fraction of sp³-hybridized carbons (Fsp3) is 0.792. The zero-order valence-electron chi connectivity index (χ0n) is 17.4.